The first-order valence-electron chi connectivity index (χ1n) is 10.8. The number of nitrogens with one attached hydrogen (secondary N) is 2. The van der Waals surface area contributed by atoms with Crippen LogP contribution in [-0.4, -0.2) is 55.2 Å². The first kappa shape index (κ1) is 23.0. The minimum absolute atomic E-state index is 0.0503. The summed E-state index contributed by atoms with van der Waals surface area (Å²) in [5.41, 5.74) is 1.57. The number of ether oxygens (including phenoxy) is 2. The van der Waals surface area contributed by atoms with Gasteiger partial charge in [-0.15, -0.1) is 11.8 Å². The predicted molar refractivity (Wildman–Crippen MR) is 125 cm³/mol. The summed E-state index contributed by atoms with van der Waals surface area (Å²) in [6.45, 7) is 1.23. The Hall–Kier alpha value is -3.20. The maximum atomic E-state index is 13.0. The highest BCUT2D eigenvalue weighted by Gasteiger charge is 2.37. The van der Waals surface area contributed by atoms with E-state index < -0.39 is 5.25 Å². The highest BCUT2D eigenvalue weighted by Crippen LogP contribution is 2.36. The molecule has 1 saturated heterocycles. The molecule has 33 heavy (non-hydrogen) atoms. The van der Waals surface area contributed by atoms with Crippen molar-refractivity contribution in [3.63, 3.8) is 0 Å². The highest BCUT2D eigenvalue weighted by molar-refractivity contribution is 8.01. The second kappa shape index (κ2) is 10.2. The fraction of sp³-hybridized carbons (Fsp3) is 0.375. The lowest BCUT2D eigenvalue weighted by atomic mass is 9.95. The molecule has 0 bridgehead atoms. The number of para-hydroxylation sites is 1. The quantitative estimate of drug-likeness (QED) is 0.632. The standard InChI is InChI=1S/C24H27N3O5S/c1-31-17-7-8-19(32-2)16(13-17)14-25-22(28)15-9-11-27(12-10-15)24(30)21-23(29)26-18-5-3-4-6-20(18)33-21/h3-8,13,15,21H,9-12,14H2,1-2H3,(H,25,28)(H,26,29)/t21-/m0/s1. The molecule has 0 aliphatic carbocycles. The number of hydrogen-bond donors (Lipinski definition) is 2. The summed E-state index contributed by atoms with van der Waals surface area (Å²) in [7, 11) is 3.18. The van der Waals surface area contributed by atoms with Crippen LogP contribution < -0.4 is 20.1 Å². The van der Waals surface area contributed by atoms with E-state index in [9.17, 15) is 14.4 Å². The van der Waals surface area contributed by atoms with Gasteiger partial charge in [-0.3, -0.25) is 14.4 Å². The van der Waals surface area contributed by atoms with Crippen LogP contribution in [0.2, 0.25) is 0 Å². The molecule has 0 saturated carbocycles. The van der Waals surface area contributed by atoms with Crippen molar-refractivity contribution < 1.29 is 23.9 Å². The Balaban J connectivity index is 1.30. The van der Waals surface area contributed by atoms with Gasteiger partial charge in [0.2, 0.25) is 17.7 Å². The Morgan fingerprint density at radius 2 is 1.88 bits per heavy atom. The predicted octanol–water partition coefficient (Wildman–Crippen LogP) is 2.67. The minimum atomic E-state index is -0.800. The topological polar surface area (TPSA) is 97.0 Å². The molecule has 0 unspecified atom stereocenters. The van der Waals surface area contributed by atoms with Gasteiger partial charge in [0, 0.05) is 36.0 Å². The van der Waals surface area contributed by atoms with Crippen molar-refractivity contribution in [3.05, 3.63) is 48.0 Å². The lowest BCUT2D eigenvalue weighted by Gasteiger charge is -2.34. The first-order valence-corrected chi connectivity index (χ1v) is 11.7. The number of benzene rings is 2. The molecule has 9 heteroatoms. The number of rotatable bonds is 6. The number of hydrogen-bond acceptors (Lipinski definition) is 6. The van der Waals surface area contributed by atoms with Gasteiger partial charge in [-0.25, -0.2) is 0 Å². The fourth-order valence-corrected chi connectivity index (χ4v) is 5.16. The van der Waals surface area contributed by atoms with Gasteiger partial charge in [0.05, 0.1) is 19.9 Å². The minimum Gasteiger partial charge on any atom is -0.497 e. The monoisotopic (exact) mass is 469 g/mol. The van der Waals surface area contributed by atoms with Crippen LogP contribution in [0.25, 0.3) is 0 Å². The molecule has 0 spiro atoms. The lowest BCUT2D eigenvalue weighted by molar-refractivity contribution is -0.137. The smallest absolute Gasteiger partial charge is 0.247 e. The fourth-order valence-electron chi connectivity index (χ4n) is 4.09. The number of carbonyl (C=O) groups is 3. The molecule has 0 aromatic heterocycles. The summed E-state index contributed by atoms with van der Waals surface area (Å²) in [6, 6.07) is 12.9. The Kier molecular flexibility index (Phi) is 7.08. The van der Waals surface area contributed by atoms with Crippen molar-refractivity contribution >= 4 is 35.2 Å². The van der Waals surface area contributed by atoms with Crippen molar-refractivity contribution in [2.45, 2.75) is 29.5 Å². The molecule has 0 radical (unpaired) electrons. The van der Waals surface area contributed by atoms with E-state index >= 15 is 0 Å². The van der Waals surface area contributed by atoms with E-state index in [4.69, 9.17) is 9.47 Å². The maximum Gasteiger partial charge on any atom is 0.247 e. The Bertz CT molecular complexity index is 1050. The summed E-state index contributed by atoms with van der Waals surface area (Å²) in [6.07, 6.45) is 1.12. The summed E-state index contributed by atoms with van der Waals surface area (Å²) in [5.74, 6) is 0.646. The van der Waals surface area contributed by atoms with Gasteiger partial charge >= 0.3 is 0 Å². The molecule has 2 N–H and O–H groups in total. The Labute approximate surface area is 197 Å². The molecule has 1 fully saturated rings. The second-order valence-electron chi connectivity index (χ2n) is 7.98. The van der Waals surface area contributed by atoms with Crippen LogP contribution >= 0.6 is 11.8 Å². The van der Waals surface area contributed by atoms with Crippen LogP contribution in [0.1, 0.15) is 18.4 Å². The molecule has 2 aromatic carbocycles. The molecular formula is C24H27N3O5S. The van der Waals surface area contributed by atoms with Crippen molar-refractivity contribution in [1.29, 1.82) is 0 Å². The zero-order valence-electron chi connectivity index (χ0n) is 18.6. The number of nitrogens with zero attached hydrogens (tertiary/aromatic N) is 1. The largest absolute Gasteiger partial charge is 0.497 e. The SMILES string of the molecule is COc1ccc(OC)c(CNC(=O)C2CCN(C(=O)[C@H]3Sc4ccccc4NC3=O)CC2)c1. The van der Waals surface area contributed by atoms with Crippen LogP contribution in [0.15, 0.2) is 47.4 Å². The number of anilines is 1. The number of fused-ring (bicyclic) bond motifs is 1. The number of amides is 3. The van der Waals surface area contributed by atoms with Gasteiger partial charge < -0.3 is 25.0 Å². The molecule has 2 heterocycles. The zero-order chi connectivity index (χ0) is 23.4. The highest BCUT2D eigenvalue weighted by atomic mass is 32.2. The van der Waals surface area contributed by atoms with Crippen molar-refractivity contribution in [1.82, 2.24) is 10.2 Å². The molecular weight excluding hydrogens is 442 g/mol. The van der Waals surface area contributed by atoms with Crippen molar-refractivity contribution in [2.24, 2.45) is 5.92 Å². The van der Waals surface area contributed by atoms with Gasteiger partial charge in [-0.1, -0.05) is 12.1 Å². The van der Waals surface area contributed by atoms with E-state index in [0.717, 1.165) is 16.1 Å². The lowest BCUT2D eigenvalue weighted by Crippen LogP contribution is -2.49. The molecule has 1 atom stereocenters. The van der Waals surface area contributed by atoms with E-state index in [0.29, 0.717) is 44.0 Å². The average molecular weight is 470 g/mol. The van der Waals surface area contributed by atoms with E-state index in [2.05, 4.69) is 10.6 Å². The van der Waals surface area contributed by atoms with Gasteiger partial charge in [0.1, 0.15) is 11.5 Å². The third-order valence-electron chi connectivity index (χ3n) is 5.97. The van der Waals surface area contributed by atoms with Crippen molar-refractivity contribution in [2.75, 3.05) is 32.6 Å². The first-order chi connectivity index (χ1) is 16.0. The summed E-state index contributed by atoms with van der Waals surface area (Å²) >= 11 is 1.28. The third-order valence-corrected chi connectivity index (χ3v) is 7.23. The molecule has 2 aliphatic rings. The normalized spacial score (nSPS) is 18.2. The number of piperidine rings is 1. The molecule has 3 amide bonds. The Morgan fingerprint density at radius 3 is 2.61 bits per heavy atom. The average Bonchev–Trinajstić information content (AvgIpc) is 2.86. The zero-order valence-corrected chi connectivity index (χ0v) is 19.4. The number of carbonyl (C=O) groups excluding carboxylic acids is 3. The van der Waals surface area contributed by atoms with E-state index in [1.165, 1.54) is 11.8 Å². The molecule has 4 rings (SSSR count). The third kappa shape index (κ3) is 5.08. The van der Waals surface area contributed by atoms with E-state index in [1.807, 2.05) is 36.4 Å². The van der Waals surface area contributed by atoms with Crippen LogP contribution in [0.3, 0.4) is 0 Å². The molecule has 2 aliphatic heterocycles. The number of methoxy groups -OCH3 is 2. The Morgan fingerprint density at radius 1 is 1.12 bits per heavy atom. The van der Waals surface area contributed by atoms with Gasteiger partial charge in [-0.2, -0.15) is 0 Å². The summed E-state index contributed by atoms with van der Waals surface area (Å²) < 4.78 is 10.6. The van der Waals surface area contributed by atoms with Crippen LogP contribution in [0.5, 0.6) is 11.5 Å². The van der Waals surface area contributed by atoms with Crippen LogP contribution in [0.4, 0.5) is 5.69 Å². The summed E-state index contributed by atoms with van der Waals surface area (Å²) in [4.78, 5) is 40.8. The number of likely N-dealkylation sites (tertiary alicyclic amines) is 1. The van der Waals surface area contributed by atoms with Gasteiger partial charge in [0.25, 0.3) is 0 Å². The van der Waals surface area contributed by atoms with Crippen LogP contribution in [-0.2, 0) is 20.9 Å². The molecule has 8 nitrogen and oxygen atoms in total. The van der Waals surface area contributed by atoms with Crippen LogP contribution in [0, 0.1) is 5.92 Å². The summed E-state index contributed by atoms with van der Waals surface area (Å²) in [5, 5.41) is 4.99. The maximum absolute atomic E-state index is 13.0. The molecule has 2 aromatic rings. The van der Waals surface area contributed by atoms with E-state index in [-0.39, 0.29) is 23.6 Å². The number of thioether (sulfide) groups is 1. The molecule has 174 valence electrons. The van der Waals surface area contributed by atoms with Gasteiger partial charge in [-0.05, 0) is 43.2 Å². The van der Waals surface area contributed by atoms with E-state index in [1.54, 1.807) is 25.2 Å². The second-order valence-corrected chi connectivity index (χ2v) is 9.13. The van der Waals surface area contributed by atoms with Gasteiger partial charge in [0.15, 0.2) is 5.25 Å². The van der Waals surface area contributed by atoms with Crippen molar-refractivity contribution in [3.8, 4) is 11.5 Å².